The van der Waals surface area contributed by atoms with Gasteiger partial charge in [-0.2, -0.15) is 0 Å². The van der Waals surface area contributed by atoms with E-state index in [4.69, 9.17) is 19.8 Å². The molecule has 0 aliphatic carbocycles. The minimum absolute atomic E-state index is 0. The van der Waals surface area contributed by atoms with Gasteiger partial charge in [-0.1, -0.05) is 19.6 Å². The van der Waals surface area contributed by atoms with Gasteiger partial charge in [-0.05, 0) is 54.6 Å². The molecular formula is C27H23FN4O3. The first-order valence-corrected chi connectivity index (χ1v) is 10.5. The monoisotopic (exact) mass is 470 g/mol. The average molecular weight is 471 g/mol. The number of carbonyl (C=O) groups is 1. The van der Waals surface area contributed by atoms with Gasteiger partial charge in [0.25, 0.3) is 0 Å². The molecule has 35 heavy (non-hydrogen) atoms. The molecule has 7 nitrogen and oxygen atoms in total. The number of aliphatic imine (C=N–C) groups is 1. The van der Waals surface area contributed by atoms with Crippen molar-refractivity contribution in [3.8, 4) is 17.0 Å². The molecule has 176 valence electrons. The van der Waals surface area contributed by atoms with E-state index in [1.54, 1.807) is 43.6 Å². The number of rotatable bonds is 5. The Balaban J connectivity index is 0.00000289. The molecule has 2 heterocycles. The van der Waals surface area contributed by atoms with Crippen molar-refractivity contribution in [1.29, 1.82) is 0 Å². The van der Waals surface area contributed by atoms with Crippen LogP contribution in [0.4, 0.5) is 16.0 Å². The van der Waals surface area contributed by atoms with Crippen LogP contribution in [-0.2, 0) is 6.54 Å². The van der Waals surface area contributed by atoms with Gasteiger partial charge in [0.05, 0.1) is 30.6 Å². The van der Waals surface area contributed by atoms with E-state index < -0.39 is 5.97 Å². The van der Waals surface area contributed by atoms with Crippen molar-refractivity contribution in [2.45, 2.75) is 14.0 Å². The molecular weight excluding hydrogens is 447 g/mol. The number of fused-ring (bicyclic) bond motifs is 3. The van der Waals surface area contributed by atoms with E-state index in [1.807, 2.05) is 18.2 Å². The van der Waals surface area contributed by atoms with Gasteiger partial charge in [-0.3, -0.25) is 4.99 Å². The number of nitrogens with zero attached hydrogens (tertiary/aromatic N) is 3. The van der Waals surface area contributed by atoms with Crippen LogP contribution in [0.15, 0.2) is 77.9 Å². The quantitative estimate of drug-likeness (QED) is 0.387. The number of anilines is 2. The predicted octanol–water partition coefficient (Wildman–Crippen LogP) is 5.72. The van der Waals surface area contributed by atoms with Gasteiger partial charge >= 0.3 is 5.97 Å². The Morgan fingerprint density at radius 3 is 2.51 bits per heavy atom. The molecule has 0 saturated heterocycles. The molecule has 1 aliphatic heterocycles. The molecule has 4 aromatic rings. The van der Waals surface area contributed by atoms with Crippen molar-refractivity contribution in [2.24, 2.45) is 4.99 Å². The highest BCUT2D eigenvalue weighted by Crippen LogP contribution is 2.34. The Hall–Kier alpha value is -4.59. The number of carboxylic acids is 1. The van der Waals surface area contributed by atoms with E-state index in [1.165, 1.54) is 18.2 Å². The van der Waals surface area contributed by atoms with Crippen LogP contribution in [0, 0.1) is 5.82 Å². The van der Waals surface area contributed by atoms with Crippen molar-refractivity contribution in [2.75, 3.05) is 12.4 Å². The summed E-state index contributed by atoms with van der Waals surface area (Å²) < 4.78 is 20.1. The lowest BCUT2D eigenvalue weighted by atomic mass is 9.95. The second-order valence-corrected chi connectivity index (χ2v) is 7.63. The summed E-state index contributed by atoms with van der Waals surface area (Å²) in [4.78, 5) is 24.9. The van der Waals surface area contributed by atoms with E-state index >= 15 is 0 Å². The van der Waals surface area contributed by atoms with Gasteiger partial charge < -0.3 is 15.2 Å². The van der Waals surface area contributed by atoms with Gasteiger partial charge in [0.15, 0.2) is 0 Å². The van der Waals surface area contributed by atoms with Gasteiger partial charge in [-0.15, -0.1) is 0 Å². The highest BCUT2D eigenvalue weighted by molar-refractivity contribution is 6.17. The van der Waals surface area contributed by atoms with Gasteiger partial charge in [-0.25, -0.2) is 19.2 Å². The minimum Gasteiger partial charge on any atom is -0.497 e. The normalized spacial score (nSPS) is 11.8. The van der Waals surface area contributed by atoms with Crippen LogP contribution >= 0.6 is 0 Å². The molecule has 0 bridgehead atoms. The third-order valence-corrected chi connectivity index (χ3v) is 5.53. The Morgan fingerprint density at radius 1 is 1.03 bits per heavy atom. The molecule has 0 spiro atoms. The van der Waals surface area contributed by atoms with Crippen LogP contribution in [0.5, 0.6) is 5.75 Å². The molecule has 1 aromatic heterocycles. The van der Waals surface area contributed by atoms with Crippen molar-refractivity contribution in [1.82, 2.24) is 9.97 Å². The number of benzene rings is 3. The van der Waals surface area contributed by atoms with Crippen LogP contribution in [0.2, 0.25) is 0 Å². The molecule has 0 saturated carbocycles. The van der Waals surface area contributed by atoms with E-state index in [9.17, 15) is 9.18 Å². The fourth-order valence-electron chi connectivity index (χ4n) is 3.83. The predicted molar refractivity (Wildman–Crippen MR) is 133 cm³/mol. The third kappa shape index (κ3) is 4.59. The summed E-state index contributed by atoms with van der Waals surface area (Å²) in [6.07, 6.45) is 1.69. The lowest BCUT2D eigenvalue weighted by Crippen LogP contribution is -2.08. The van der Waals surface area contributed by atoms with Crippen LogP contribution < -0.4 is 10.1 Å². The molecule has 2 N–H and O–H groups in total. The molecule has 1 aliphatic rings. The molecule has 0 radical (unpaired) electrons. The van der Waals surface area contributed by atoms with Gasteiger partial charge in [0.2, 0.25) is 5.95 Å². The molecule has 0 atom stereocenters. The molecule has 0 unspecified atom stereocenters. The number of carboxylic acid groups (broad SMARTS) is 1. The summed E-state index contributed by atoms with van der Waals surface area (Å²) in [5.41, 5.74) is 4.71. The number of hydrogen-bond donors (Lipinski definition) is 2. The highest BCUT2D eigenvalue weighted by atomic mass is 19.1. The first-order valence-electron chi connectivity index (χ1n) is 10.5. The highest BCUT2D eigenvalue weighted by Gasteiger charge is 2.23. The van der Waals surface area contributed by atoms with E-state index in [0.717, 1.165) is 11.1 Å². The van der Waals surface area contributed by atoms with E-state index in [0.29, 0.717) is 39.9 Å². The van der Waals surface area contributed by atoms with Crippen LogP contribution in [0.25, 0.3) is 11.3 Å². The molecule has 3 aromatic carbocycles. The van der Waals surface area contributed by atoms with Crippen LogP contribution in [0.1, 0.15) is 34.5 Å². The third-order valence-electron chi connectivity index (χ3n) is 5.53. The van der Waals surface area contributed by atoms with Crippen molar-refractivity contribution < 1.29 is 19.0 Å². The number of aromatic nitrogens is 2. The Kier molecular flexibility index (Phi) is 6.55. The van der Waals surface area contributed by atoms with Gasteiger partial charge in [0.1, 0.15) is 11.6 Å². The zero-order valence-electron chi connectivity index (χ0n) is 18.1. The SMILES string of the molecule is C.COc1ccc2c(c1)C(c1ccccc1F)=NCc1cnc(Nc3ccc(C(=O)O)cc3)nc1-2. The van der Waals surface area contributed by atoms with Crippen molar-refractivity contribution >= 4 is 23.3 Å². The number of hydrogen-bond acceptors (Lipinski definition) is 6. The molecule has 0 fully saturated rings. The smallest absolute Gasteiger partial charge is 0.335 e. The van der Waals surface area contributed by atoms with Crippen molar-refractivity contribution in [3.05, 3.63) is 101 Å². The first-order chi connectivity index (χ1) is 16.5. The number of methoxy groups -OCH3 is 1. The summed E-state index contributed by atoms with van der Waals surface area (Å²) in [7, 11) is 1.58. The Bertz CT molecular complexity index is 1440. The number of ether oxygens (including phenoxy) is 1. The molecule has 8 heteroatoms. The Morgan fingerprint density at radius 2 is 1.80 bits per heavy atom. The zero-order valence-corrected chi connectivity index (χ0v) is 18.1. The van der Waals surface area contributed by atoms with E-state index in [-0.39, 0.29) is 25.4 Å². The number of halogens is 1. The largest absolute Gasteiger partial charge is 0.497 e. The minimum atomic E-state index is -0.995. The second kappa shape index (κ2) is 9.72. The average Bonchev–Trinajstić information content (AvgIpc) is 3.01. The fourth-order valence-corrected chi connectivity index (χ4v) is 3.83. The number of nitrogens with one attached hydrogen (secondary N) is 1. The summed E-state index contributed by atoms with van der Waals surface area (Å²) >= 11 is 0. The van der Waals surface area contributed by atoms with Crippen molar-refractivity contribution in [3.63, 3.8) is 0 Å². The summed E-state index contributed by atoms with van der Waals surface area (Å²) in [6.45, 7) is 0.281. The van der Waals surface area contributed by atoms with E-state index in [2.05, 4.69) is 10.3 Å². The standard InChI is InChI=1S/C26H19FN4O3.CH4/c1-34-18-10-11-19-21(12-18)24(20-4-2-3-5-22(20)27)28-13-16-14-29-26(31-23(16)19)30-17-8-6-15(7-9-17)25(32)33;/h2-12,14H,13H2,1H3,(H,32,33)(H,29,30,31);1H4. The maximum atomic E-state index is 14.7. The van der Waals surface area contributed by atoms with Crippen LogP contribution in [0.3, 0.4) is 0 Å². The van der Waals surface area contributed by atoms with Gasteiger partial charge in [0, 0.05) is 34.1 Å². The zero-order chi connectivity index (χ0) is 23.7. The number of aromatic carboxylic acids is 1. The summed E-state index contributed by atoms with van der Waals surface area (Å²) in [6, 6.07) is 18.4. The molecule has 5 rings (SSSR count). The van der Waals surface area contributed by atoms with Crippen LogP contribution in [-0.4, -0.2) is 33.9 Å². The lowest BCUT2D eigenvalue weighted by Gasteiger charge is -2.14. The summed E-state index contributed by atoms with van der Waals surface area (Å²) in [5, 5.41) is 12.2. The topological polar surface area (TPSA) is 96.7 Å². The fraction of sp³-hybridized carbons (Fsp3) is 0.111. The molecule has 0 amide bonds. The second-order valence-electron chi connectivity index (χ2n) is 7.63. The maximum Gasteiger partial charge on any atom is 0.335 e. The lowest BCUT2D eigenvalue weighted by molar-refractivity contribution is 0.0697. The summed E-state index contributed by atoms with van der Waals surface area (Å²) in [5.74, 6) is -0.389. The first kappa shape index (κ1) is 23.6. The Labute approximate surface area is 202 Å². The maximum absolute atomic E-state index is 14.7.